The Balaban J connectivity index is 1.68. The fourth-order valence-corrected chi connectivity index (χ4v) is 5.07. The highest BCUT2D eigenvalue weighted by Crippen LogP contribution is 2.33. The van der Waals surface area contributed by atoms with Gasteiger partial charge in [0.2, 0.25) is 11.8 Å². The van der Waals surface area contributed by atoms with Gasteiger partial charge in [-0.05, 0) is 36.4 Å². The molecule has 1 aliphatic heterocycles. The summed E-state index contributed by atoms with van der Waals surface area (Å²) >= 11 is 4.59. The van der Waals surface area contributed by atoms with Crippen molar-refractivity contribution in [2.45, 2.75) is 22.6 Å². The molecule has 2 amide bonds. The maximum atomic E-state index is 13.8. The Labute approximate surface area is 174 Å². The molecule has 1 heterocycles. The topological polar surface area (TPSA) is 92.3 Å². The Kier molecular flexibility index (Phi) is 6.41. The number of nitrogens with one attached hydrogen (secondary N) is 2. The second-order valence-electron chi connectivity index (χ2n) is 6.05. The molecule has 0 saturated carbocycles. The molecule has 148 valence electrons. The van der Waals surface area contributed by atoms with Crippen LogP contribution in [0.25, 0.3) is 0 Å². The lowest BCUT2D eigenvalue weighted by Crippen LogP contribution is -2.18. The van der Waals surface area contributed by atoms with Crippen LogP contribution in [0.4, 0.5) is 15.8 Å². The first-order valence-electron chi connectivity index (χ1n) is 8.29. The lowest BCUT2D eigenvalue weighted by atomic mass is 10.3. The van der Waals surface area contributed by atoms with Crippen molar-refractivity contribution in [1.29, 1.82) is 0 Å². The van der Waals surface area contributed by atoms with Gasteiger partial charge in [0.05, 0.1) is 22.0 Å². The molecule has 0 atom stereocenters. The fraction of sp³-hybridized carbons (Fsp3) is 0.222. The number of amides is 2. The van der Waals surface area contributed by atoms with Crippen molar-refractivity contribution in [3.8, 4) is 0 Å². The number of carbonyl (C=O) groups excluding carboxylic acids is 2. The van der Waals surface area contributed by atoms with Crippen molar-refractivity contribution in [3.05, 3.63) is 46.7 Å². The zero-order chi connectivity index (χ0) is 20.3. The van der Waals surface area contributed by atoms with Gasteiger partial charge in [0.15, 0.2) is 9.84 Å². The van der Waals surface area contributed by atoms with Crippen molar-refractivity contribution in [3.63, 3.8) is 0 Å². The van der Waals surface area contributed by atoms with E-state index in [0.717, 1.165) is 4.90 Å². The van der Waals surface area contributed by atoms with E-state index in [2.05, 4.69) is 26.6 Å². The molecule has 28 heavy (non-hydrogen) atoms. The molecule has 0 aromatic heterocycles. The molecule has 0 radical (unpaired) electrons. The average molecular weight is 487 g/mol. The number of hydrogen-bond acceptors (Lipinski definition) is 5. The predicted octanol–water partition coefficient (Wildman–Crippen LogP) is 3.83. The highest BCUT2D eigenvalue weighted by atomic mass is 79.9. The van der Waals surface area contributed by atoms with Crippen molar-refractivity contribution in [2.24, 2.45) is 0 Å². The number of thioether (sulfide) groups is 1. The standard InChI is InChI=1S/C18H16BrFN2O4S2/c19-11-1-3-14(13(20)9-11)21-18(24)6-8-28(25,26)12-2-4-16-15(10-12)22-17(23)5-7-27-16/h1-4,9-10H,5-8H2,(H,21,24)(H,22,23). The van der Waals surface area contributed by atoms with E-state index < -0.39 is 27.3 Å². The van der Waals surface area contributed by atoms with E-state index in [4.69, 9.17) is 0 Å². The molecule has 2 N–H and O–H groups in total. The largest absolute Gasteiger partial charge is 0.325 e. The molecule has 0 aliphatic carbocycles. The summed E-state index contributed by atoms with van der Waals surface area (Å²) in [5.74, 6) is -1.21. The number of benzene rings is 2. The minimum Gasteiger partial charge on any atom is -0.325 e. The molecule has 2 aromatic carbocycles. The van der Waals surface area contributed by atoms with E-state index in [1.54, 1.807) is 12.1 Å². The van der Waals surface area contributed by atoms with E-state index in [-0.39, 0.29) is 22.9 Å². The van der Waals surface area contributed by atoms with Crippen LogP contribution in [0.15, 0.2) is 50.7 Å². The molecule has 0 saturated heterocycles. The molecular formula is C18H16BrFN2O4S2. The van der Waals surface area contributed by atoms with Gasteiger partial charge in [0.1, 0.15) is 5.82 Å². The molecular weight excluding hydrogens is 471 g/mol. The number of halogens is 2. The molecule has 1 aliphatic rings. The summed E-state index contributed by atoms with van der Waals surface area (Å²) in [6.07, 6.45) is 0.0320. The Morgan fingerprint density at radius 1 is 1.25 bits per heavy atom. The number of carbonyl (C=O) groups is 2. The van der Waals surface area contributed by atoms with Crippen molar-refractivity contribution < 1.29 is 22.4 Å². The van der Waals surface area contributed by atoms with E-state index in [1.807, 2.05) is 0 Å². The lowest BCUT2D eigenvalue weighted by Gasteiger charge is -2.10. The number of anilines is 2. The van der Waals surface area contributed by atoms with Gasteiger partial charge in [-0.15, -0.1) is 11.8 Å². The van der Waals surface area contributed by atoms with Crippen LogP contribution in [0.1, 0.15) is 12.8 Å². The van der Waals surface area contributed by atoms with Gasteiger partial charge in [-0.3, -0.25) is 9.59 Å². The molecule has 0 spiro atoms. The minimum absolute atomic E-state index is 0.0182. The summed E-state index contributed by atoms with van der Waals surface area (Å²) < 4.78 is 39.5. The normalized spacial score (nSPS) is 14.0. The van der Waals surface area contributed by atoms with Crippen LogP contribution in [0.2, 0.25) is 0 Å². The van der Waals surface area contributed by atoms with Crippen LogP contribution < -0.4 is 10.6 Å². The third-order valence-corrected chi connectivity index (χ3v) is 7.26. The lowest BCUT2D eigenvalue weighted by molar-refractivity contribution is -0.116. The molecule has 2 aromatic rings. The third-order valence-electron chi connectivity index (χ3n) is 3.97. The zero-order valence-corrected chi connectivity index (χ0v) is 17.7. The predicted molar refractivity (Wildman–Crippen MR) is 110 cm³/mol. The van der Waals surface area contributed by atoms with E-state index in [1.165, 1.54) is 36.0 Å². The monoisotopic (exact) mass is 486 g/mol. The zero-order valence-electron chi connectivity index (χ0n) is 14.5. The summed E-state index contributed by atoms with van der Waals surface area (Å²) in [6, 6.07) is 8.68. The SMILES string of the molecule is O=C(CCS(=O)(=O)c1ccc2c(c1)NC(=O)CCS2)Nc1ccc(Br)cc1F. The summed E-state index contributed by atoms with van der Waals surface area (Å²) in [5.41, 5.74) is 0.435. The summed E-state index contributed by atoms with van der Waals surface area (Å²) in [6.45, 7) is 0. The van der Waals surface area contributed by atoms with Crippen LogP contribution in [0, 0.1) is 5.82 Å². The maximum absolute atomic E-state index is 13.8. The van der Waals surface area contributed by atoms with E-state index in [9.17, 15) is 22.4 Å². The summed E-state index contributed by atoms with van der Waals surface area (Å²) in [5, 5.41) is 5.06. The molecule has 0 fully saturated rings. The molecule has 0 bridgehead atoms. The van der Waals surface area contributed by atoms with Gasteiger partial charge in [-0.2, -0.15) is 0 Å². The van der Waals surface area contributed by atoms with Crippen LogP contribution >= 0.6 is 27.7 Å². The van der Waals surface area contributed by atoms with E-state index in [0.29, 0.717) is 22.3 Å². The quantitative estimate of drug-likeness (QED) is 0.669. The number of sulfone groups is 1. The molecule has 0 unspecified atom stereocenters. The van der Waals surface area contributed by atoms with Crippen molar-refractivity contribution in [2.75, 3.05) is 22.1 Å². The Morgan fingerprint density at radius 3 is 2.79 bits per heavy atom. The van der Waals surface area contributed by atoms with Gasteiger partial charge >= 0.3 is 0 Å². The van der Waals surface area contributed by atoms with Gasteiger partial charge < -0.3 is 10.6 Å². The van der Waals surface area contributed by atoms with E-state index >= 15 is 0 Å². The fourth-order valence-electron chi connectivity index (χ4n) is 2.54. The van der Waals surface area contributed by atoms with Crippen molar-refractivity contribution >= 4 is 60.7 Å². The third kappa shape index (κ3) is 5.12. The van der Waals surface area contributed by atoms with Crippen LogP contribution in [0.5, 0.6) is 0 Å². The van der Waals surface area contributed by atoms with Gasteiger partial charge in [-0.25, -0.2) is 12.8 Å². The van der Waals surface area contributed by atoms with Gasteiger partial charge in [0.25, 0.3) is 0 Å². The molecule has 6 nitrogen and oxygen atoms in total. The Bertz CT molecular complexity index is 1040. The number of fused-ring (bicyclic) bond motifs is 1. The van der Waals surface area contributed by atoms with Crippen LogP contribution in [0.3, 0.4) is 0 Å². The van der Waals surface area contributed by atoms with Crippen LogP contribution in [-0.2, 0) is 19.4 Å². The number of hydrogen-bond donors (Lipinski definition) is 2. The first-order chi connectivity index (χ1) is 13.2. The van der Waals surface area contributed by atoms with Gasteiger partial charge in [-0.1, -0.05) is 15.9 Å². The molecule has 3 rings (SSSR count). The minimum atomic E-state index is -3.75. The summed E-state index contributed by atoms with van der Waals surface area (Å²) in [4.78, 5) is 24.5. The second kappa shape index (κ2) is 8.62. The maximum Gasteiger partial charge on any atom is 0.225 e. The average Bonchev–Trinajstić information content (AvgIpc) is 2.82. The summed E-state index contributed by atoms with van der Waals surface area (Å²) in [7, 11) is -3.75. The number of rotatable bonds is 5. The smallest absolute Gasteiger partial charge is 0.225 e. The van der Waals surface area contributed by atoms with Crippen LogP contribution in [-0.4, -0.2) is 31.7 Å². The highest BCUT2D eigenvalue weighted by Gasteiger charge is 2.21. The van der Waals surface area contributed by atoms with Crippen molar-refractivity contribution in [1.82, 2.24) is 0 Å². The Hall–Kier alpha value is -1.91. The second-order valence-corrected chi connectivity index (χ2v) is 10.2. The first-order valence-corrected chi connectivity index (χ1v) is 11.7. The molecule has 10 heteroatoms. The Morgan fingerprint density at radius 2 is 2.04 bits per heavy atom. The first kappa shape index (κ1) is 20.8. The van der Waals surface area contributed by atoms with Gasteiger partial charge in [0, 0.05) is 28.0 Å². The highest BCUT2D eigenvalue weighted by molar-refractivity contribution is 9.10.